The lowest BCUT2D eigenvalue weighted by Gasteiger charge is -2.34. The van der Waals surface area contributed by atoms with E-state index in [4.69, 9.17) is 5.73 Å². The van der Waals surface area contributed by atoms with Gasteiger partial charge in [0.05, 0.1) is 10.7 Å². The summed E-state index contributed by atoms with van der Waals surface area (Å²) in [5.74, 6) is -0.0629. The summed E-state index contributed by atoms with van der Waals surface area (Å²) in [5, 5.41) is 13.4. The second kappa shape index (κ2) is 9.05. The summed E-state index contributed by atoms with van der Waals surface area (Å²) in [6, 6.07) is 9.26. The molecule has 3 rings (SSSR count). The molecule has 1 aromatic heterocycles. The molecule has 0 radical (unpaired) electrons. The van der Waals surface area contributed by atoms with Gasteiger partial charge in [0.25, 0.3) is 11.6 Å². The predicted molar refractivity (Wildman–Crippen MR) is 112 cm³/mol. The van der Waals surface area contributed by atoms with Gasteiger partial charge in [-0.25, -0.2) is 13.4 Å². The first-order valence-corrected chi connectivity index (χ1v) is 10.8. The quantitative estimate of drug-likeness (QED) is 0.362. The van der Waals surface area contributed by atoms with Gasteiger partial charge in [0.2, 0.25) is 10.0 Å². The van der Waals surface area contributed by atoms with Crippen LogP contribution in [0.1, 0.15) is 10.4 Å². The largest absolute Gasteiger partial charge is 0.393 e. The number of amides is 1. The van der Waals surface area contributed by atoms with Crippen LogP contribution in [0.15, 0.2) is 42.6 Å². The Morgan fingerprint density at radius 3 is 2.57 bits per heavy atom. The molecule has 1 aliphatic rings. The van der Waals surface area contributed by atoms with Gasteiger partial charge in [-0.15, -0.1) is 0 Å². The average molecular weight is 434 g/mol. The standard InChI is InChI=1S/C18H22N6O5S/c19-15-5-4-14(13-16(15)24(26)27)18(25)21-7-12-30(28,29)23-10-8-22(9-11-23)17-3-1-2-6-20-17/h1-6,13H,7-12,19H2,(H,21,25). The zero-order valence-corrected chi connectivity index (χ0v) is 16.9. The zero-order valence-electron chi connectivity index (χ0n) is 16.1. The van der Waals surface area contributed by atoms with Crippen molar-refractivity contribution in [2.24, 2.45) is 0 Å². The van der Waals surface area contributed by atoms with E-state index in [0.29, 0.717) is 26.2 Å². The molecule has 2 heterocycles. The molecule has 0 bridgehead atoms. The van der Waals surface area contributed by atoms with Crippen molar-refractivity contribution in [3.05, 3.63) is 58.3 Å². The van der Waals surface area contributed by atoms with Gasteiger partial charge >= 0.3 is 0 Å². The fraction of sp³-hybridized carbons (Fsp3) is 0.333. The molecule has 30 heavy (non-hydrogen) atoms. The molecule has 0 unspecified atom stereocenters. The van der Waals surface area contributed by atoms with Gasteiger partial charge in [-0.3, -0.25) is 14.9 Å². The van der Waals surface area contributed by atoms with Crippen molar-refractivity contribution in [2.75, 3.05) is 49.1 Å². The van der Waals surface area contributed by atoms with Crippen molar-refractivity contribution < 1.29 is 18.1 Å². The number of carbonyl (C=O) groups is 1. The minimum Gasteiger partial charge on any atom is -0.393 e. The Kier molecular flexibility index (Phi) is 6.47. The lowest BCUT2D eigenvalue weighted by atomic mass is 10.1. The Morgan fingerprint density at radius 1 is 1.20 bits per heavy atom. The van der Waals surface area contributed by atoms with E-state index in [1.165, 1.54) is 16.4 Å². The molecule has 0 spiro atoms. The molecule has 2 aromatic rings. The Labute approximate surface area is 173 Å². The van der Waals surface area contributed by atoms with Crippen LogP contribution >= 0.6 is 0 Å². The van der Waals surface area contributed by atoms with Crippen molar-refractivity contribution in [1.82, 2.24) is 14.6 Å². The third-order valence-electron chi connectivity index (χ3n) is 4.74. The monoisotopic (exact) mass is 434 g/mol. The lowest BCUT2D eigenvalue weighted by molar-refractivity contribution is -0.383. The van der Waals surface area contributed by atoms with Crippen LogP contribution in [0.25, 0.3) is 0 Å². The number of nitrogens with two attached hydrogens (primary N) is 1. The molecule has 160 valence electrons. The number of nitrogens with one attached hydrogen (secondary N) is 1. The summed E-state index contributed by atoms with van der Waals surface area (Å²) >= 11 is 0. The first-order chi connectivity index (χ1) is 14.3. The van der Waals surface area contributed by atoms with Crippen LogP contribution in [0.3, 0.4) is 0 Å². The van der Waals surface area contributed by atoms with E-state index >= 15 is 0 Å². The van der Waals surface area contributed by atoms with Gasteiger partial charge in [0, 0.05) is 50.6 Å². The number of hydrogen-bond acceptors (Lipinski definition) is 8. The summed E-state index contributed by atoms with van der Waals surface area (Å²) < 4.78 is 26.5. The number of hydrogen-bond donors (Lipinski definition) is 2. The Balaban J connectivity index is 1.51. The normalized spacial score (nSPS) is 15.0. The van der Waals surface area contributed by atoms with E-state index in [9.17, 15) is 23.3 Å². The van der Waals surface area contributed by atoms with Crippen molar-refractivity contribution in [3.63, 3.8) is 0 Å². The average Bonchev–Trinajstić information content (AvgIpc) is 2.74. The highest BCUT2D eigenvalue weighted by Crippen LogP contribution is 2.22. The Hall–Kier alpha value is -3.25. The first kappa shape index (κ1) is 21.5. The molecule has 0 atom stereocenters. The number of nitro groups is 1. The number of benzene rings is 1. The lowest BCUT2D eigenvalue weighted by Crippen LogP contribution is -2.50. The van der Waals surface area contributed by atoms with Gasteiger partial charge in [0.15, 0.2) is 0 Å². The predicted octanol–water partition coefficient (Wildman–Crippen LogP) is 0.454. The van der Waals surface area contributed by atoms with Gasteiger partial charge in [-0.1, -0.05) is 6.07 Å². The highest BCUT2D eigenvalue weighted by Gasteiger charge is 2.27. The molecule has 0 saturated carbocycles. The molecule has 1 aromatic carbocycles. The van der Waals surface area contributed by atoms with Crippen LogP contribution in [-0.4, -0.2) is 67.0 Å². The summed E-state index contributed by atoms with van der Waals surface area (Å²) in [6.45, 7) is 1.60. The summed E-state index contributed by atoms with van der Waals surface area (Å²) in [4.78, 5) is 28.7. The summed E-state index contributed by atoms with van der Waals surface area (Å²) in [7, 11) is -3.55. The van der Waals surface area contributed by atoms with E-state index in [-0.39, 0.29) is 29.2 Å². The molecule has 11 nitrogen and oxygen atoms in total. The molecule has 1 aliphatic heterocycles. The number of anilines is 2. The summed E-state index contributed by atoms with van der Waals surface area (Å²) in [6.07, 6.45) is 1.69. The van der Waals surface area contributed by atoms with Crippen molar-refractivity contribution in [3.8, 4) is 0 Å². The second-order valence-corrected chi connectivity index (χ2v) is 8.77. The highest BCUT2D eigenvalue weighted by molar-refractivity contribution is 7.89. The number of rotatable bonds is 7. The molecule has 3 N–H and O–H groups in total. The molecule has 1 amide bonds. The van der Waals surface area contributed by atoms with Crippen LogP contribution in [0.4, 0.5) is 17.2 Å². The molecule has 12 heteroatoms. The molecular weight excluding hydrogens is 412 g/mol. The van der Waals surface area contributed by atoms with Crippen LogP contribution in [0, 0.1) is 10.1 Å². The van der Waals surface area contributed by atoms with E-state index in [1.807, 2.05) is 23.1 Å². The first-order valence-electron chi connectivity index (χ1n) is 9.24. The highest BCUT2D eigenvalue weighted by atomic mass is 32.2. The topological polar surface area (TPSA) is 152 Å². The van der Waals surface area contributed by atoms with E-state index in [2.05, 4.69) is 10.3 Å². The third-order valence-corrected chi connectivity index (χ3v) is 6.61. The van der Waals surface area contributed by atoms with Gasteiger partial charge < -0.3 is 16.0 Å². The number of aromatic nitrogens is 1. The number of nitro benzene ring substituents is 1. The van der Waals surface area contributed by atoms with E-state index < -0.39 is 20.9 Å². The maximum atomic E-state index is 12.6. The van der Waals surface area contributed by atoms with Gasteiger partial charge in [0.1, 0.15) is 11.5 Å². The maximum absolute atomic E-state index is 12.6. The van der Waals surface area contributed by atoms with Crippen LogP contribution in [0.5, 0.6) is 0 Å². The minimum atomic E-state index is -3.55. The number of pyridine rings is 1. The smallest absolute Gasteiger partial charge is 0.292 e. The third kappa shape index (κ3) is 5.02. The molecular formula is C18H22N6O5S. The van der Waals surface area contributed by atoms with E-state index in [1.54, 1.807) is 6.20 Å². The number of nitrogen functional groups attached to an aromatic ring is 1. The second-order valence-electron chi connectivity index (χ2n) is 6.68. The minimum absolute atomic E-state index is 0.0391. The fourth-order valence-corrected chi connectivity index (χ4v) is 4.44. The summed E-state index contributed by atoms with van der Waals surface area (Å²) in [5.41, 5.74) is 5.12. The zero-order chi connectivity index (χ0) is 21.7. The Bertz CT molecular complexity index is 1020. The number of piperazine rings is 1. The molecule has 1 fully saturated rings. The van der Waals surface area contributed by atoms with Gasteiger partial charge in [-0.2, -0.15) is 4.31 Å². The van der Waals surface area contributed by atoms with Crippen LogP contribution in [-0.2, 0) is 10.0 Å². The number of carbonyl (C=O) groups excluding carboxylic acids is 1. The van der Waals surface area contributed by atoms with E-state index in [0.717, 1.165) is 11.9 Å². The number of sulfonamides is 1. The number of nitrogens with zero attached hydrogens (tertiary/aromatic N) is 4. The SMILES string of the molecule is Nc1ccc(C(=O)NCCS(=O)(=O)N2CCN(c3ccccn3)CC2)cc1[N+](=O)[O-]. The maximum Gasteiger partial charge on any atom is 0.292 e. The van der Waals surface area contributed by atoms with Crippen molar-refractivity contribution >= 4 is 33.1 Å². The fourth-order valence-electron chi connectivity index (χ4n) is 3.10. The van der Waals surface area contributed by atoms with Crippen molar-refractivity contribution in [2.45, 2.75) is 0 Å². The molecule has 0 aliphatic carbocycles. The van der Waals surface area contributed by atoms with Crippen molar-refractivity contribution in [1.29, 1.82) is 0 Å². The molecule has 1 saturated heterocycles. The van der Waals surface area contributed by atoms with Crippen LogP contribution in [0.2, 0.25) is 0 Å². The van der Waals surface area contributed by atoms with Gasteiger partial charge in [-0.05, 0) is 24.3 Å². The van der Waals surface area contributed by atoms with Crippen LogP contribution < -0.4 is 16.0 Å². The Morgan fingerprint density at radius 2 is 1.93 bits per heavy atom.